The van der Waals surface area contributed by atoms with Gasteiger partial charge in [-0.25, -0.2) is 0 Å². The van der Waals surface area contributed by atoms with Crippen LogP contribution < -0.4 is 0 Å². The number of Topliss-reactive ketones (excluding diaryl/α,β-unsaturated/α-hetero) is 1. The second kappa shape index (κ2) is 3.62. The minimum Gasteiger partial charge on any atom is -0.299 e. The molecule has 0 heterocycles. The molecule has 82 valence electrons. The molecule has 2 rings (SSSR count). The number of allylic oxidation sites excluding steroid dienone is 4. The van der Waals surface area contributed by atoms with Crippen molar-refractivity contribution in [2.75, 3.05) is 0 Å². The molecule has 1 fully saturated rings. The van der Waals surface area contributed by atoms with E-state index in [1.54, 1.807) is 0 Å². The highest BCUT2D eigenvalue weighted by molar-refractivity contribution is 5.85. The molecule has 0 aromatic rings. The van der Waals surface area contributed by atoms with Crippen molar-refractivity contribution in [3.63, 3.8) is 0 Å². The van der Waals surface area contributed by atoms with Gasteiger partial charge in [0, 0.05) is 17.8 Å². The summed E-state index contributed by atoms with van der Waals surface area (Å²) in [6.07, 6.45) is 5.59. The number of fused-ring (bicyclic) bond motifs is 2. The minimum atomic E-state index is 0.182. The number of carbonyl (C=O) groups is 1. The fourth-order valence-electron chi connectivity index (χ4n) is 3.11. The fourth-order valence-corrected chi connectivity index (χ4v) is 3.11. The van der Waals surface area contributed by atoms with E-state index in [0.717, 1.165) is 6.42 Å². The van der Waals surface area contributed by atoms with Gasteiger partial charge < -0.3 is 0 Å². The van der Waals surface area contributed by atoms with Gasteiger partial charge in [-0.05, 0) is 26.2 Å². The predicted molar refractivity (Wildman–Crippen MR) is 62.4 cm³/mol. The number of ketones is 1. The lowest BCUT2D eigenvalue weighted by Gasteiger charge is -2.18. The normalized spacial score (nSPS) is 32.9. The molecule has 0 aliphatic heterocycles. The average molecular weight is 204 g/mol. The second-order valence-corrected chi connectivity index (χ2v) is 5.37. The zero-order valence-corrected chi connectivity index (χ0v) is 10.1. The number of hydrogen-bond donors (Lipinski definition) is 0. The van der Waals surface area contributed by atoms with E-state index in [0.29, 0.717) is 17.6 Å². The maximum atomic E-state index is 12.0. The van der Waals surface area contributed by atoms with Crippen molar-refractivity contribution in [3.05, 3.63) is 23.3 Å². The van der Waals surface area contributed by atoms with E-state index in [1.807, 2.05) is 13.8 Å². The monoisotopic (exact) mass is 204 g/mol. The van der Waals surface area contributed by atoms with E-state index < -0.39 is 0 Å². The van der Waals surface area contributed by atoms with Gasteiger partial charge in [-0.3, -0.25) is 4.79 Å². The van der Waals surface area contributed by atoms with E-state index >= 15 is 0 Å². The summed E-state index contributed by atoms with van der Waals surface area (Å²) >= 11 is 0. The zero-order valence-electron chi connectivity index (χ0n) is 10.1. The minimum absolute atomic E-state index is 0.182. The highest BCUT2D eigenvalue weighted by atomic mass is 16.1. The third-order valence-electron chi connectivity index (χ3n) is 3.76. The van der Waals surface area contributed by atoms with Crippen LogP contribution in [0, 0.1) is 23.7 Å². The van der Waals surface area contributed by atoms with Crippen molar-refractivity contribution in [1.29, 1.82) is 0 Å². The Kier molecular flexibility index (Phi) is 2.57. The van der Waals surface area contributed by atoms with Gasteiger partial charge in [0.1, 0.15) is 5.78 Å². The molecule has 1 nitrogen and oxygen atoms in total. The average Bonchev–Trinajstić information content (AvgIpc) is 2.72. The van der Waals surface area contributed by atoms with Crippen LogP contribution in [0.4, 0.5) is 0 Å². The number of hydrogen-bond acceptors (Lipinski definition) is 1. The van der Waals surface area contributed by atoms with Crippen LogP contribution in [-0.2, 0) is 4.79 Å². The molecule has 2 bridgehead atoms. The third kappa shape index (κ3) is 1.58. The first-order valence-electron chi connectivity index (χ1n) is 5.91. The Morgan fingerprint density at radius 3 is 2.47 bits per heavy atom. The smallest absolute Gasteiger partial charge is 0.139 e. The van der Waals surface area contributed by atoms with Crippen LogP contribution >= 0.6 is 0 Å². The SMILES string of the molecule is CC(C)=C1[C@@H]2C=C[C@H]1[C@H](C(=O)C(C)C)C2. The van der Waals surface area contributed by atoms with E-state index in [4.69, 9.17) is 0 Å². The second-order valence-electron chi connectivity index (χ2n) is 5.37. The number of rotatable bonds is 2. The third-order valence-corrected chi connectivity index (χ3v) is 3.76. The molecule has 2 aliphatic carbocycles. The summed E-state index contributed by atoms with van der Waals surface area (Å²) in [6, 6.07) is 0. The molecular formula is C14H20O. The van der Waals surface area contributed by atoms with Gasteiger partial charge in [0.25, 0.3) is 0 Å². The van der Waals surface area contributed by atoms with Crippen LogP contribution in [0.5, 0.6) is 0 Å². The molecule has 0 N–H and O–H groups in total. The van der Waals surface area contributed by atoms with Crippen LogP contribution in [0.15, 0.2) is 23.3 Å². The van der Waals surface area contributed by atoms with Crippen molar-refractivity contribution >= 4 is 5.78 Å². The highest BCUT2D eigenvalue weighted by Crippen LogP contribution is 2.50. The van der Waals surface area contributed by atoms with Crippen LogP contribution in [0.3, 0.4) is 0 Å². The molecule has 0 unspecified atom stereocenters. The fraction of sp³-hybridized carbons (Fsp3) is 0.643. The zero-order chi connectivity index (χ0) is 11.2. The molecule has 15 heavy (non-hydrogen) atoms. The molecule has 0 aromatic heterocycles. The molecule has 1 saturated carbocycles. The quantitative estimate of drug-likeness (QED) is 0.630. The first-order chi connectivity index (χ1) is 7.02. The number of carbonyl (C=O) groups excluding carboxylic acids is 1. The van der Waals surface area contributed by atoms with Gasteiger partial charge >= 0.3 is 0 Å². The Labute approximate surface area is 92.3 Å². The molecule has 0 saturated heterocycles. The first kappa shape index (κ1) is 10.7. The maximum absolute atomic E-state index is 12.0. The lowest BCUT2D eigenvalue weighted by Crippen LogP contribution is -2.23. The van der Waals surface area contributed by atoms with Crippen molar-refractivity contribution in [1.82, 2.24) is 0 Å². The van der Waals surface area contributed by atoms with Crippen molar-refractivity contribution < 1.29 is 4.79 Å². The maximum Gasteiger partial charge on any atom is 0.139 e. The Balaban J connectivity index is 2.26. The van der Waals surface area contributed by atoms with Crippen molar-refractivity contribution in [3.8, 4) is 0 Å². The summed E-state index contributed by atoms with van der Waals surface area (Å²) in [7, 11) is 0. The van der Waals surface area contributed by atoms with E-state index in [9.17, 15) is 4.79 Å². The lowest BCUT2D eigenvalue weighted by molar-refractivity contribution is -0.126. The summed E-state index contributed by atoms with van der Waals surface area (Å²) in [6.45, 7) is 8.37. The van der Waals surface area contributed by atoms with Gasteiger partial charge in [0.2, 0.25) is 0 Å². The molecule has 0 aromatic carbocycles. The molecule has 0 amide bonds. The van der Waals surface area contributed by atoms with Gasteiger partial charge in [0.05, 0.1) is 0 Å². The molecule has 3 atom stereocenters. The van der Waals surface area contributed by atoms with Crippen LogP contribution in [-0.4, -0.2) is 5.78 Å². The van der Waals surface area contributed by atoms with Gasteiger partial charge in [0.15, 0.2) is 0 Å². The van der Waals surface area contributed by atoms with E-state index in [1.165, 1.54) is 11.1 Å². The first-order valence-corrected chi connectivity index (χ1v) is 5.91. The molecule has 2 aliphatic rings. The molecule has 0 radical (unpaired) electrons. The molecular weight excluding hydrogens is 184 g/mol. The van der Waals surface area contributed by atoms with Crippen molar-refractivity contribution in [2.45, 2.75) is 34.1 Å². The predicted octanol–water partition coefficient (Wildman–Crippen LogP) is 3.37. The van der Waals surface area contributed by atoms with E-state index in [-0.39, 0.29) is 11.8 Å². The Morgan fingerprint density at radius 1 is 1.33 bits per heavy atom. The van der Waals surface area contributed by atoms with Gasteiger partial charge in [-0.2, -0.15) is 0 Å². The standard InChI is InChI=1S/C14H20O/c1-8(2)13-10-5-6-11(13)12(7-10)14(15)9(3)4/h5-6,9-12H,7H2,1-4H3/t10-,11+,12-/m1/s1. The Hall–Kier alpha value is -0.850. The van der Waals surface area contributed by atoms with Gasteiger partial charge in [-0.1, -0.05) is 37.1 Å². The summed E-state index contributed by atoms with van der Waals surface area (Å²) in [5, 5.41) is 0. The summed E-state index contributed by atoms with van der Waals surface area (Å²) in [5.74, 6) is 1.89. The van der Waals surface area contributed by atoms with Gasteiger partial charge in [-0.15, -0.1) is 0 Å². The van der Waals surface area contributed by atoms with Crippen LogP contribution in [0.2, 0.25) is 0 Å². The summed E-state index contributed by atoms with van der Waals surface area (Å²) < 4.78 is 0. The lowest BCUT2D eigenvalue weighted by atomic mass is 9.84. The summed E-state index contributed by atoms with van der Waals surface area (Å²) in [4.78, 5) is 12.0. The molecule has 0 spiro atoms. The van der Waals surface area contributed by atoms with Crippen LogP contribution in [0.25, 0.3) is 0 Å². The Bertz CT molecular complexity index is 342. The Morgan fingerprint density at radius 2 is 2.00 bits per heavy atom. The largest absolute Gasteiger partial charge is 0.299 e. The highest BCUT2D eigenvalue weighted by Gasteiger charge is 2.44. The topological polar surface area (TPSA) is 17.1 Å². The van der Waals surface area contributed by atoms with Crippen LogP contribution in [0.1, 0.15) is 34.1 Å². The summed E-state index contributed by atoms with van der Waals surface area (Å²) in [5.41, 5.74) is 2.93. The van der Waals surface area contributed by atoms with Crippen molar-refractivity contribution in [2.24, 2.45) is 23.7 Å². The van der Waals surface area contributed by atoms with E-state index in [2.05, 4.69) is 26.0 Å². The molecule has 1 heteroatoms.